The fourth-order valence-corrected chi connectivity index (χ4v) is 3.57. The Balaban J connectivity index is 1.44. The van der Waals surface area contributed by atoms with E-state index in [1.54, 1.807) is 14.2 Å². The number of hydrogen-bond donors (Lipinski definition) is 1. The van der Waals surface area contributed by atoms with Gasteiger partial charge in [-0.25, -0.2) is 0 Å². The summed E-state index contributed by atoms with van der Waals surface area (Å²) in [6, 6.07) is 19.5. The third-order valence-corrected chi connectivity index (χ3v) is 5.30. The lowest BCUT2D eigenvalue weighted by atomic mass is 10.0. The lowest BCUT2D eigenvalue weighted by Crippen LogP contribution is -2.01. The zero-order chi connectivity index (χ0) is 22.3. The average molecular weight is 451 g/mol. The fraction of sp³-hybridized carbons (Fsp3) is 0.208. The van der Waals surface area contributed by atoms with Crippen molar-refractivity contribution in [1.29, 1.82) is 0 Å². The highest BCUT2D eigenvalue weighted by Gasteiger charge is 2.09. The Morgan fingerprint density at radius 3 is 2.25 bits per heavy atom. The van der Waals surface area contributed by atoms with E-state index in [1.165, 1.54) is 5.56 Å². The first-order valence-corrected chi connectivity index (χ1v) is 10.5. The predicted molar refractivity (Wildman–Crippen MR) is 122 cm³/mol. The van der Waals surface area contributed by atoms with Gasteiger partial charge in [0.2, 0.25) is 5.82 Å². The summed E-state index contributed by atoms with van der Waals surface area (Å²) in [5.74, 6) is 2.84. The predicted octanol–water partition coefficient (Wildman–Crippen LogP) is 4.90. The Labute approximate surface area is 191 Å². The quantitative estimate of drug-likeness (QED) is 0.390. The summed E-state index contributed by atoms with van der Waals surface area (Å²) >= 11 is 6.26. The minimum absolute atomic E-state index is 0.390. The topological polar surface area (TPSA) is 82.2 Å². The van der Waals surface area contributed by atoms with E-state index in [-0.39, 0.29) is 0 Å². The van der Waals surface area contributed by atoms with Gasteiger partial charge in [0.05, 0.1) is 14.2 Å². The third-order valence-electron chi connectivity index (χ3n) is 5.07. The van der Waals surface area contributed by atoms with Crippen LogP contribution in [0.25, 0.3) is 11.4 Å². The van der Waals surface area contributed by atoms with Crippen LogP contribution in [0, 0.1) is 0 Å². The molecule has 0 saturated carbocycles. The molecule has 4 aromatic rings. The number of methoxy groups -OCH3 is 2. The van der Waals surface area contributed by atoms with Gasteiger partial charge in [0.1, 0.15) is 23.9 Å². The normalized spacial score (nSPS) is 10.7. The molecule has 0 atom stereocenters. The highest BCUT2D eigenvalue weighted by molar-refractivity contribution is 6.30. The number of nitrogens with one attached hydrogen (secondary N) is 1. The van der Waals surface area contributed by atoms with Gasteiger partial charge < -0.3 is 14.2 Å². The second-order valence-electron chi connectivity index (χ2n) is 7.19. The van der Waals surface area contributed by atoms with Crippen molar-refractivity contribution in [2.45, 2.75) is 19.4 Å². The van der Waals surface area contributed by atoms with Crippen molar-refractivity contribution in [3.63, 3.8) is 0 Å². The first-order chi connectivity index (χ1) is 15.6. The van der Waals surface area contributed by atoms with Crippen LogP contribution >= 0.6 is 11.6 Å². The largest absolute Gasteiger partial charge is 0.497 e. The third kappa shape index (κ3) is 5.36. The van der Waals surface area contributed by atoms with Gasteiger partial charge >= 0.3 is 0 Å². The lowest BCUT2D eigenvalue weighted by Gasteiger charge is -2.14. The molecule has 32 heavy (non-hydrogen) atoms. The molecule has 0 fully saturated rings. The molecule has 7 nitrogen and oxygen atoms in total. The molecule has 0 spiro atoms. The maximum Gasteiger partial charge on any atom is 0.204 e. The molecule has 8 heteroatoms. The molecule has 0 aliphatic carbocycles. The van der Waals surface area contributed by atoms with Crippen LogP contribution in [-0.2, 0) is 19.4 Å². The minimum atomic E-state index is 0.390. The van der Waals surface area contributed by atoms with Crippen molar-refractivity contribution >= 4 is 11.6 Å². The minimum Gasteiger partial charge on any atom is -0.497 e. The number of H-pyrrole nitrogens is 1. The number of aromatic nitrogens is 4. The standard InChI is InChI=1S/C24H23ClN4O3/c1-30-21-11-17(12-22(14-21)31-2)15-32-23-10-9-20(25)13-19(23)8-5-16-3-6-18(7-4-16)24-26-28-29-27-24/h3-4,6-7,9-14H,5,8,15H2,1-2H3,(H,26,27,28,29). The van der Waals surface area contributed by atoms with Gasteiger partial charge in [0, 0.05) is 16.7 Å². The van der Waals surface area contributed by atoms with Gasteiger partial charge in [-0.2, -0.15) is 5.21 Å². The Morgan fingerprint density at radius 1 is 0.844 bits per heavy atom. The smallest absolute Gasteiger partial charge is 0.204 e. The first kappa shape index (κ1) is 21.6. The molecule has 4 rings (SSSR count). The van der Waals surface area contributed by atoms with E-state index in [0.717, 1.165) is 46.8 Å². The van der Waals surface area contributed by atoms with Gasteiger partial charge in [-0.1, -0.05) is 35.9 Å². The molecule has 0 aliphatic heterocycles. The molecule has 164 valence electrons. The van der Waals surface area contributed by atoms with Crippen molar-refractivity contribution in [2.24, 2.45) is 0 Å². The number of benzene rings is 3. The monoisotopic (exact) mass is 450 g/mol. The van der Waals surface area contributed by atoms with Gasteiger partial charge in [-0.3, -0.25) is 0 Å². The molecule has 0 bridgehead atoms. The highest BCUT2D eigenvalue weighted by Crippen LogP contribution is 2.28. The van der Waals surface area contributed by atoms with Crippen LogP contribution in [0.4, 0.5) is 0 Å². The maximum atomic E-state index is 6.26. The molecule has 0 amide bonds. The number of ether oxygens (including phenoxy) is 3. The molecule has 1 N–H and O–H groups in total. The summed E-state index contributed by atoms with van der Waals surface area (Å²) in [6.45, 7) is 0.390. The number of rotatable bonds is 9. The first-order valence-electron chi connectivity index (χ1n) is 10.1. The van der Waals surface area contributed by atoms with E-state index in [1.807, 2.05) is 48.5 Å². The SMILES string of the molecule is COc1cc(COc2ccc(Cl)cc2CCc2ccc(-c3nn[nH]n3)cc2)cc(OC)c1. The summed E-state index contributed by atoms with van der Waals surface area (Å²) in [4.78, 5) is 0. The van der Waals surface area contributed by atoms with Crippen molar-refractivity contribution in [1.82, 2.24) is 20.6 Å². The summed E-state index contributed by atoms with van der Waals surface area (Å²) in [5, 5.41) is 14.8. The molecule has 3 aromatic carbocycles. The Hall–Kier alpha value is -3.58. The molecular weight excluding hydrogens is 428 g/mol. The van der Waals surface area contributed by atoms with Crippen molar-refractivity contribution in [3.05, 3.63) is 82.4 Å². The molecule has 0 unspecified atom stereocenters. The second-order valence-corrected chi connectivity index (χ2v) is 7.63. The number of aromatic amines is 1. The van der Waals surface area contributed by atoms with Crippen LogP contribution in [0.3, 0.4) is 0 Å². The number of halogens is 1. The Kier molecular flexibility index (Phi) is 6.87. The van der Waals surface area contributed by atoms with Crippen molar-refractivity contribution in [2.75, 3.05) is 14.2 Å². The zero-order valence-corrected chi connectivity index (χ0v) is 18.6. The molecular formula is C24H23ClN4O3. The average Bonchev–Trinajstić information content (AvgIpc) is 3.37. The van der Waals surface area contributed by atoms with Gasteiger partial charge in [0.25, 0.3) is 0 Å². The number of nitrogens with zero attached hydrogens (tertiary/aromatic N) is 3. The molecule has 0 aliphatic rings. The Bertz CT molecular complexity index is 1140. The van der Waals surface area contributed by atoms with Crippen LogP contribution in [0.2, 0.25) is 5.02 Å². The van der Waals surface area contributed by atoms with Gasteiger partial charge in [0.15, 0.2) is 0 Å². The van der Waals surface area contributed by atoms with E-state index >= 15 is 0 Å². The van der Waals surface area contributed by atoms with E-state index in [4.69, 9.17) is 25.8 Å². The summed E-state index contributed by atoms with van der Waals surface area (Å²) in [7, 11) is 3.26. The van der Waals surface area contributed by atoms with E-state index in [0.29, 0.717) is 17.5 Å². The lowest BCUT2D eigenvalue weighted by molar-refractivity contribution is 0.300. The fourth-order valence-electron chi connectivity index (χ4n) is 3.38. The highest BCUT2D eigenvalue weighted by atomic mass is 35.5. The zero-order valence-electron chi connectivity index (χ0n) is 17.8. The van der Waals surface area contributed by atoms with E-state index < -0.39 is 0 Å². The van der Waals surface area contributed by atoms with Gasteiger partial charge in [-0.05, 0) is 65.1 Å². The van der Waals surface area contributed by atoms with Crippen LogP contribution < -0.4 is 14.2 Å². The van der Waals surface area contributed by atoms with Gasteiger partial charge in [-0.15, -0.1) is 10.2 Å². The van der Waals surface area contributed by atoms with Crippen LogP contribution in [-0.4, -0.2) is 34.8 Å². The van der Waals surface area contributed by atoms with E-state index in [2.05, 4.69) is 32.8 Å². The molecule has 0 saturated heterocycles. The molecule has 1 aromatic heterocycles. The van der Waals surface area contributed by atoms with Crippen LogP contribution in [0.5, 0.6) is 17.2 Å². The number of hydrogen-bond acceptors (Lipinski definition) is 6. The maximum absolute atomic E-state index is 6.26. The van der Waals surface area contributed by atoms with E-state index in [9.17, 15) is 0 Å². The molecule has 0 radical (unpaired) electrons. The van der Waals surface area contributed by atoms with Crippen molar-refractivity contribution in [3.8, 4) is 28.6 Å². The summed E-state index contributed by atoms with van der Waals surface area (Å²) in [5.41, 5.74) is 4.12. The summed E-state index contributed by atoms with van der Waals surface area (Å²) in [6.07, 6.45) is 1.63. The molecule has 1 heterocycles. The van der Waals surface area contributed by atoms with Crippen molar-refractivity contribution < 1.29 is 14.2 Å². The Morgan fingerprint density at radius 2 is 1.59 bits per heavy atom. The number of aryl methyl sites for hydroxylation is 2. The van der Waals surface area contributed by atoms with Crippen LogP contribution in [0.15, 0.2) is 60.7 Å². The number of tetrazole rings is 1. The second kappa shape index (κ2) is 10.2. The van der Waals surface area contributed by atoms with Crippen LogP contribution in [0.1, 0.15) is 16.7 Å². The summed E-state index contributed by atoms with van der Waals surface area (Å²) < 4.78 is 16.8.